The first-order valence-corrected chi connectivity index (χ1v) is 8.45. The lowest BCUT2D eigenvalue weighted by Gasteiger charge is -2.36. The minimum atomic E-state index is -0.0759. The van der Waals surface area contributed by atoms with E-state index in [4.69, 9.17) is 4.52 Å². The molecule has 2 heterocycles. The van der Waals surface area contributed by atoms with Gasteiger partial charge >= 0.3 is 0 Å². The number of nitrogens with zero attached hydrogens (tertiary/aromatic N) is 4. The maximum Gasteiger partial charge on any atom is 0.246 e. The third-order valence-electron chi connectivity index (χ3n) is 4.45. The van der Waals surface area contributed by atoms with Crippen LogP contribution in [0.2, 0.25) is 0 Å². The first-order valence-electron chi connectivity index (χ1n) is 8.45. The van der Waals surface area contributed by atoms with Crippen molar-refractivity contribution in [2.75, 3.05) is 13.6 Å². The number of aromatic nitrogens is 2. The van der Waals surface area contributed by atoms with Gasteiger partial charge in [0, 0.05) is 13.6 Å². The standard InChI is InChI=1S/C18H24N4O2/c1-14-19-17(24-20-14)13-21(2)18(23)16-10-6-7-11-22(16)12-15-8-4-3-5-9-15/h3-5,8-9,16H,6-7,10-13H2,1-2H3/t16-/m0/s1. The molecule has 1 fully saturated rings. The van der Waals surface area contributed by atoms with Crippen molar-refractivity contribution >= 4 is 5.91 Å². The molecule has 0 spiro atoms. The smallest absolute Gasteiger partial charge is 0.246 e. The Morgan fingerprint density at radius 2 is 2.12 bits per heavy atom. The zero-order valence-electron chi connectivity index (χ0n) is 14.3. The largest absolute Gasteiger partial charge is 0.337 e. The topological polar surface area (TPSA) is 62.5 Å². The summed E-state index contributed by atoms with van der Waals surface area (Å²) >= 11 is 0. The molecule has 1 atom stereocenters. The van der Waals surface area contributed by atoms with Gasteiger partial charge in [0.1, 0.15) is 0 Å². The highest BCUT2D eigenvalue weighted by Crippen LogP contribution is 2.21. The molecule has 6 nitrogen and oxygen atoms in total. The van der Waals surface area contributed by atoms with E-state index in [-0.39, 0.29) is 11.9 Å². The van der Waals surface area contributed by atoms with Gasteiger partial charge in [0.15, 0.2) is 5.82 Å². The summed E-state index contributed by atoms with van der Waals surface area (Å²) in [5.74, 6) is 1.20. The Bertz CT molecular complexity index is 671. The molecule has 1 aromatic heterocycles. The average Bonchev–Trinajstić information content (AvgIpc) is 3.00. The van der Waals surface area contributed by atoms with Crippen LogP contribution in [-0.4, -0.2) is 45.5 Å². The van der Waals surface area contributed by atoms with Crippen molar-refractivity contribution < 1.29 is 9.32 Å². The fourth-order valence-electron chi connectivity index (χ4n) is 3.22. The van der Waals surface area contributed by atoms with Gasteiger partial charge in [0.2, 0.25) is 11.8 Å². The van der Waals surface area contributed by atoms with E-state index in [0.29, 0.717) is 18.3 Å². The van der Waals surface area contributed by atoms with Crippen LogP contribution >= 0.6 is 0 Å². The molecule has 0 N–H and O–H groups in total. The zero-order chi connectivity index (χ0) is 16.9. The van der Waals surface area contributed by atoms with E-state index in [1.54, 1.807) is 18.9 Å². The molecule has 24 heavy (non-hydrogen) atoms. The number of likely N-dealkylation sites (tertiary alicyclic amines) is 1. The second-order valence-electron chi connectivity index (χ2n) is 6.40. The second-order valence-corrected chi connectivity index (χ2v) is 6.40. The van der Waals surface area contributed by atoms with Gasteiger partial charge in [0.25, 0.3) is 0 Å². The van der Waals surface area contributed by atoms with Crippen molar-refractivity contribution in [3.8, 4) is 0 Å². The summed E-state index contributed by atoms with van der Waals surface area (Å²) in [5.41, 5.74) is 1.24. The third kappa shape index (κ3) is 4.00. The van der Waals surface area contributed by atoms with Crippen LogP contribution in [0.4, 0.5) is 0 Å². The number of carbonyl (C=O) groups excluding carboxylic acids is 1. The van der Waals surface area contributed by atoms with Gasteiger partial charge in [-0.3, -0.25) is 9.69 Å². The summed E-state index contributed by atoms with van der Waals surface area (Å²) < 4.78 is 5.13. The molecule has 6 heteroatoms. The molecule has 0 unspecified atom stereocenters. The van der Waals surface area contributed by atoms with E-state index in [9.17, 15) is 4.79 Å². The van der Waals surface area contributed by atoms with E-state index in [0.717, 1.165) is 32.4 Å². The highest BCUT2D eigenvalue weighted by molar-refractivity contribution is 5.81. The van der Waals surface area contributed by atoms with Gasteiger partial charge in [0.05, 0.1) is 12.6 Å². The molecule has 1 aliphatic rings. The van der Waals surface area contributed by atoms with Crippen LogP contribution in [0.1, 0.15) is 36.5 Å². The fourth-order valence-corrected chi connectivity index (χ4v) is 3.22. The molecule has 128 valence electrons. The molecule has 0 radical (unpaired) electrons. The summed E-state index contributed by atoms with van der Waals surface area (Å²) in [7, 11) is 1.80. The van der Waals surface area contributed by atoms with E-state index in [2.05, 4.69) is 27.2 Å². The van der Waals surface area contributed by atoms with Crippen molar-refractivity contribution in [1.29, 1.82) is 0 Å². The highest BCUT2D eigenvalue weighted by Gasteiger charge is 2.31. The molecule has 0 saturated carbocycles. The van der Waals surface area contributed by atoms with Crippen LogP contribution in [0.5, 0.6) is 0 Å². The second kappa shape index (κ2) is 7.57. The number of carbonyl (C=O) groups is 1. The molecule has 3 rings (SSSR count). The maximum atomic E-state index is 12.9. The van der Waals surface area contributed by atoms with E-state index < -0.39 is 0 Å². The van der Waals surface area contributed by atoms with Crippen LogP contribution in [0, 0.1) is 6.92 Å². The minimum absolute atomic E-state index is 0.0759. The first kappa shape index (κ1) is 16.6. The Morgan fingerprint density at radius 3 is 2.83 bits per heavy atom. The Kier molecular flexibility index (Phi) is 5.25. The van der Waals surface area contributed by atoms with Crippen molar-refractivity contribution in [2.45, 2.75) is 45.3 Å². The summed E-state index contributed by atoms with van der Waals surface area (Å²) in [4.78, 5) is 21.1. The maximum absolute atomic E-state index is 12.9. The average molecular weight is 328 g/mol. The third-order valence-corrected chi connectivity index (χ3v) is 4.45. The summed E-state index contributed by atoms with van der Waals surface area (Å²) in [6, 6.07) is 10.2. The Labute approximate surface area is 142 Å². The lowest BCUT2D eigenvalue weighted by Crippen LogP contribution is -2.49. The summed E-state index contributed by atoms with van der Waals surface area (Å²) in [6.45, 7) is 3.90. The minimum Gasteiger partial charge on any atom is -0.337 e. The first-order chi connectivity index (χ1) is 11.6. The predicted octanol–water partition coefficient (Wildman–Crippen LogP) is 2.39. The van der Waals surface area contributed by atoms with Crippen LogP contribution in [0.25, 0.3) is 0 Å². The number of rotatable bonds is 5. The van der Waals surface area contributed by atoms with Gasteiger partial charge < -0.3 is 9.42 Å². The van der Waals surface area contributed by atoms with Crippen molar-refractivity contribution in [2.24, 2.45) is 0 Å². The molecular formula is C18H24N4O2. The molecule has 1 saturated heterocycles. The van der Waals surface area contributed by atoms with Crippen LogP contribution < -0.4 is 0 Å². The number of benzene rings is 1. The molecule has 0 aliphatic carbocycles. The van der Waals surface area contributed by atoms with Crippen LogP contribution in [0.15, 0.2) is 34.9 Å². The van der Waals surface area contributed by atoms with Crippen LogP contribution in [0.3, 0.4) is 0 Å². The highest BCUT2D eigenvalue weighted by atomic mass is 16.5. The van der Waals surface area contributed by atoms with Gasteiger partial charge in [-0.25, -0.2) is 0 Å². The lowest BCUT2D eigenvalue weighted by atomic mass is 10.00. The SMILES string of the molecule is Cc1noc(CN(C)C(=O)[C@@H]2CCCCN2Cc2ccccc2)n1. The Morgan fingerprint density at radius 1 is 1.33 bits per heavy atom. The Balaban J connectivity index is 1.66. The number of aryl methyl sites for hydroxylation is 1. The molecule has 1 amide bonds. The number of likely N-dealkylation sites (N-methyl/N-ethyl adjacent to an activating group) is 1. The molecular weight excluding hydrogens is 304 g/mol. The molecule has 0 bridgehead atoms. The molecule has 1 aromatic carbocycles. The van der Waals surface area contributed by atoms with E-state index in [1.807, 2.05) is 18.2 Å². The van der Waals surface area contributed by atoms with Gasteiger partial charge in [-0.05, 0) is 31.9 Å². The van der Waals surface area contributed by atoms with Crippen molar-refractivity contribution in [3.63, 3.8) is 0 Å². The van der Waals surface area contributed by atoms with Gasteiger partial charge in [-0.15, -0.1) is 0 Å². The lowest BCUT2D eigenvalue weighted by molar-refractivity contribution is -0.138. The molecule has 1 aliphatic heterocycles. The van der Waals surface area contributed by atoms with E-state index in [1.165, 1.54) is 5.56 Å². The summed E-state index contributed by atoms with van der Waals surface area (Å²) in [6.07, 6.45) is 3.14. The number of piperidine rings is 1. The summed E-state index contributed by atoms with van der Waals surface area (Å²) in [5, 5.41) is 3.78. The number of hydrogen-bond donors (Lipinski definition) is 0. The van der Waals surface area contributed by atoms with Gasteiger partial charge in [-0.2, -0.15) is 4.98 Å². The monoisotopic (exact) mass is 328 g/mol. The normalized spacial score (nSPS) is 18.5. The Hall–Kier alpha value is -2.21. The molecule has 2 aromatic rings. The van der Waals surface area contributed by atoms with Gasteiger partial charge in [-0.1, -0.05) is 41.9 Å². The van der Waals surface area contributed by atoms with E-state index >= 15 is 0 Å². The quantitative estimate of drug-likeness (QED) is 0.843. The van der Waals surface area contributed by atoms with Crippen molar-refractivity contribution in [1.82, 2.24) is 19.9 Å². The predicted molar refractivity (Wildman–Crippen MR) is 90.0 cm³/mol. The number of amides is 1. The van der Waals surface area contributed by atoms with Crippen LogP contribution in [-0.2, 0) is 17.9 Å². The fraction of sp³-hybridized carbons (Fsp3) is 0.500. The zero-order valence-corrected chi connectivity index (χ0v) is 14.3. The van der Waals surface area contributed by atoms with Crippen molar-refractivity contribution in [3.05, 3.63) is 47.6 Å². The number of hydrogen-bond acceptors (Lipinski definition) is 5.